The Bertz CT molecular complexity index is 1400. The van der Waals surface area contributed by atoms with Gasteiger partial charge in [0.05, 0.1) is 28.8 Å². The van der Waals surface area contributed by atoms with Gasteiger partial charge in [0, 0.05) is 62.3 Å². The maximum atomic E-state index is 13.7. The predicted molar refractivity (Wildman–Crippen MR) is 156 cm³/mol. The number of carbonyl (C=O) groups is 1. The number of H-pyrrole nitrogens is 1. The molecule has 2 aliphatic rings. The van der Waals surface area contributed by atoms with Crippen LogP contribution in [0.4, 0.5) is 5.82 Å². The van der Waals surface area contributed by atoms with Crippen LogP contribution < -0.4 is 9.64 Å². The monoisotopic (exact) mass is 524 g/mol. The summed E-state index contributed by atoms with van der Waals surface area (Å²) in [6.45, 7) is 14.3. The van der Waals surface area contributed by atoms with E-state index in [0.717, 1.165) is 65.7 Å². The minimum absolute atomic E-state index is 0.0173. The summed E-state index contributed by atoms with van der Waals surface area (Å²) in [5.41, 5.74) is 5.15. The third kappa shape index (κ3) is 5.46. The predicted octanol–water partition coefficient (Wildman–Crippen LogP) is 5.20. The Hall–Kier alpha value is -4.33. The summed E-state index contributed by atoms with van der Waals surface area (Å²) in [5, 5.41) is 0. The van der Waals surface area contributed by atoms with E-state index in [9.17, 15) is 4.79 Å². The maximum Gasteiger partial charge on any atom is 0.256 e. The molecule has 4 heterocycles. The van der Waals surface area contributed by atoms with Gasteiger partial charge < -0.3 is 24.4 Å². The van der Waals surface area contributed by atoms with E-state index in [1.807, 2.05) is 85.6 Å². The van der Waals surface area contributed by atoms with E-state index >= 15 is 0 Å². The number of anilines is 1. The van der Waals surface area contributed by atoms with Crippen molar-refractivity contribution in [2.24, 2.45) is 0 Å². The Morgan fingerprint density at radius 3 is 2.77 bits per heavy atom. The van der Waals surface area contributed by atoms with Crippen molar-refractivity contribution >= 4 is 23.0 Å². The van der Waals surface area contributed by atoms with Gasteiger partial charge in [0.15, 0.2) is 0 Å². The van der Waals surface area contributed by atoms with E-state index in [1.54, 1.807) is 6.33 Å². The summed E-state index contributed by atoms with van der Waals surface area (Å²) in [4.78, 5) is 32.1. The molecule has 0 aliphatic carbocycles. The van der Waals surface area contributed by atoms with Crippen molar-refractivity contribution in [3.05, 3.63) is 85.6 Å². The fraction of sp³-hybridized carbons (Fsp3) is 0.323. The van der Waals surface area contributed by atoms with E-state index in [0.29, 0.717) is 12.1 Å². The topological polar surface area (TPSA) is 77.6 Å². The summed E-state index contributed by atoms with van der Waals surface area (Å²) >= 11 is 0. The summed E-state index contributed by atoms with van der Waals surface area (Å²) < 4.78 is 5.86. The second kappa shape index (κ2) is 11.2. The fourth-order valence-corrected chi connectivity index (χ4v) is 5.27. The van der Waals surface area contributed by atoms with E-state index in [1.165, 1.54) is 0 Å². The number of piperidine rings is 1. The normalized spacial score (nSPS) is 15.7. The Morgan fingerprint density at radius 2 is 2.03 bits per heavy atom. The number of ether oxygens (including phenoxy) is 1. The van der Waals surface area contributed by atoms with Gasteiger partial charge in [0.2, 0.25) is 0 Å². The molecule has 39 heavy (non-hydrogen) atoms. The van der Waals surface area contributed by atoms with Crippen LogP contribution >= 0.6 is 0 Å². The molecule has 0 unspecified atom stereocenters. The Morgan fingerprint density at radius 1 is 1.23 bits per heavy atom. The molecule has 1 fully saturated rings. The number of fused-ring (bicyclic) bond motifs is 1. The molecule has 2 aromatic heterocycles. The molecule has 1 N–H and O–H groups in total. The molecule has 1 aromatic carbocycles. The Balaban J connectivity index is 1.26. The van der Waals surface area contributed by atoms with Gasteiger partial charge in [-0.1, -0.05) is 24.8 Å². The zero-order chi connectivity index (χ0) is 27.5. The van der Waals surface area contributed by atoms with Gasteiger partial charge in [-0.3, -0.25) is 4.79 Å². The third-order valence-corrected chi connectivity index (χ3v) is 7.32. The number of amides is 1. The molecule has 2 aliphatic heterocycles. The minimum Gasteiger partial charge on any atom is -0.491 e. The lowest BCUT2D eigenvalue weighted by atomic mass is 9.98. The highest BCUT2D eigenvalue weighted by molar-refractivity contribution is 6.21. The van der Waals surface area contributed by atoms with Crippen molar-refractivity contribution < 1.29 is 9.53 Å². The number of likely N-dealkylation sites (N-methyl/N-ethyl adjacent to an activating group) is 1. The van der Waals surface area contributed by atoms with Crippen molar-refractivity contribution in [2.45, 2.75) is 38.8 Å². The molecule has 0 saturated carbocycles. The summed E-state index contributed by atoms with van der Waals surface area (Å²) in [6, 6.07) is 12.1. The van der Waals surface area contributed by atoms with Crippen molar-refractivity contribution in [1.82, 2.24) is 24.8 Å². The van der Waals surface area contributed by atoms with Crippen molar-refractivity contribution in [3.8, 4) is 17.0 Å². The van der Waals surface area contributed by atoms with Crippen LogP contribution in [0.3, 0.4) is 0 Å². The largest absolute Gasteiger partial charge is 0.491 e. The van der Waals surface area contributed by atoms with Crippen LogP contribution in [-0.4, -0.2) is 69.5 Å². The molecule has 0 spiro atoms. The van der Waals surface area contributed by atoms with Crippen molar-refractivity contribution in [1.29, 1.82) is 0 Å². The molecule has 1 saturated heterocycles. The van der Waals surface area contributed by atoms with Crippen molar-refractivity contribution in [2.75, 3.05) is 31.6 Å². The van der Waals surface area contributed by atoms with E-state index in [2.05, 4.69) is 33.0 Å². The first-order chi connectivity index (χ1) is 18.9. The highest BCUT2D eigenvalue weighted by Crippen LogP contribution is 2.34. The van der Waals surface area contributed by atoms with Gasteiger partial charge in [-0.25, -0.2) is 9.97 Å². The van der Waals surface area contributed by atoms with E-state index < -0.39 is 0 Å². The number of rotatable bonds is 8. The summed E-state index contributed by atoms with van der Waals surface area (Å²) in [7, 11) is 1.91. The van der Waals surface area contributed by atoms with Gasteiger partial charge in [-0.15, -0.1) is 6.58 Å². The van der Waals surface area contributed by atoms with Gasteiger partial charge in [0.1, 0.15) is 17.9 Å². The second-order valence-electron chi connectivity index (χ2n) is 10.3. The standard InChI is InChI=1S/C31H36N6O2/c1-6-14-37-19-27(26-10-13-32-30(26)22(37)4)31(38)35(5)24-11-15-36(16-12-24)29-18-28(33-20-34-29)23-8-7-9-25(17-23)39-21(2)3/h6-10,13,17-21,24,32H,1,4,11-12,14-16H2,2-3,5H3. The number of nitrogens with zero attached hydrogens (tertiary/aromatic N) is 5. The third-order valence-electron chi connectivity index (χ3n) is 7.32. The number of aromatic nitrogens is 3. The molecule has 8 nitrogen and oxygen atoms in total. The zero-order valence-corrected chi connectivity index (χ0v) is 22.9. The van der Waals surface area contributed by atoms with Crippen LogP contribution in [-0.2, 0) is 4.79 Å². The number of nitrogens with one attached hydrogen (secondary N) is 1. The first-order valence-corrected chi connectivity index (χ1v) is 13.4. The van der Waals surface area contributed by atoms with E-state index in [-0.39, 0.29) is 18.1 Å². The zero-order valence-electron chi connectivity index (χ0n) is 22.9. The molecule has 0 radical (unpaired) electrons. The lowest BCUT2D eigenvalue weighted by Gasteiger charge is -2.38. The highest BCUT2D eigenvalue weighted by atomic mass is 16.5. The fourth-order valence-electron chi connectivity index (χ4n) is 5.27. The van der Waals surface area contributed by atoms with Crippen LogP contribution in [0.2, 0.25) is 0 Å². The summed E-state index contributed by atoms with van der Waals surface area (Å²) in [6.07, 6.45) is 9.01. The molecule has 0 bridgehead atoms. The van der Waals surface area contributed by atoms with Crippen LogP contribution in [0.25, 0.3) is 22.5 Å². The Labute approximate surface area is 230 Å². The second-order valence-corrected chi connectivity index (χ2v) is 10.3. The smallest absolute Gasteiger partial charge is 0.256 e. The molecular weight excluding hydrogens is 488 g/mol. The SMILES string of the molecule is C=CCN1C=C(C(=O)N(C)C2CCN(c3cc(-c4cccc(OC(C)C)c4)ncn3)CC2)c2cc[nH]c2C1=C. The molecule has 202 valence electrons. The molecular formula is C31H36N6O2. The van der Waals surface area contributed by atoms with Crippen LogP contribution in [0.5, 0.6) is 5.75 Å². The van der Waals surface area contributed by atoms with Gasteiger partial charge in [-0.2, -0.15) is 0 Å². The van der Waals surface area contributed by atoms with Gasteiger partial charge in [0.25, 0.3) is 5.91 Å². The first-order valence-electron chi connectivity index (χ1n) is 13.4. The first kappa shape index (κ1) is 26.3. The Kier molecular flexibility index (Phi) is 7.54. The maximum absolute atomic E-state index is 13.7. The average molecular weight is 525 g/mol. The lowest BCUT2D eigenvalue weighted by molar-refractivity contribution is -0.126. The number of hydrogen-bond donors (Lipinski definition) is 1. The molecule has 5 rings (SSSR count). The molecule has 3 aromatic rings. The summed E-state index contributed by atoms with van der Waals surface area (Å²) in [5.74, 6) is 1.74. The highest BCUT2D eigenvalue weighted by Gasteiger charge is 2.32. The number of benzene rings is 1. The number of carbonyl (C=O) groups excluding carboxylic acids is 1. The number of aromatic amines is 1. The lowest BCUT2D eigenvalue weighted by Crippen LogP contribution is -2.46. The van der Waals surface area contributed by atoms with Gasteiger partial charge >= 0.3 is 0 Å². The number of hydrogen-bond acceptors (Lipinski definition) is 6. The van der Waals surface area contributed by atoms with Crippen LogP contribution in [0.1, 0.15) is 37.9 Å². The molecule has 0 atom stereocenters. The molecule has 8 heteroatoms. The van der Waals surface area contributed by atoms with Crippen LogP contribution in [0, 0.1) is 0 Å². The quantitative estimate of drug-likeness (QED) is 0.408. The minimum atomic E-state index is 0.0173. The van der Waals surface area contributed by atoms with Crippen LogP contribution in [0.15, 0.2) is 74.4 Å². The average Bonchev–Trinajstić information content (AvgIpc) is 3.44. The van der Waals surface area contributed by atoms with E-state index in [4.69, 9.17) is 4.74 Å². The van der Waals surface area contributed by atoms with Crippen molar-refractivity contribution in [3.63, 3.8) is 0 Å². The van der Waals surface area contributed by atoms with Gasteiger partial charge in [-0.05, 0) is 44.9 Å². The molecule has 1 amide bonds.